The maximum Gasteiger partial charge on any atom is 0.250 e. The van der Waals surface area contributed by atoms with Crippen LogP contribution in [0, 0.1) is 0 Å². The Bertz CT molecular complexity index is 1690. The van der Waals surface area contributed by atoms with Crippen LogP contribution in [0.2, 0.25) is 0 Å². The Morgan fingerprint density at radius 2 is 1.70 bits per heavy atom. The number of aromatic nitrogens is 5. The summed E-state index contributed by atoms with van der Waals surface area (Å²) in [5.41, 5.74) is 7.47. The van der Waals surface area contributed by atoms with Crippen LogP contribution in [0.5, 0.6) is 0 Å². The molecule has 1 aliphatic carbocycles. The van der Waals surface area contributed by atoms with Gasteiger partial charge in [0.2, 0.25) is 5.91 Å². The lowest BCUT2D eigenvalue weighted by Crippen LogP contribution is -2.32. The molecule has 0 bridgehead atoms. The van der Waals surface area contributed by atoms with Gasteiger partial charge in [-0.15, -0.1) is 0 Å². The number of hydrogen-bond donors (Lipinski definition) is 0. The smallest absolute Gasteiger partial charge is 0.250 e. The number of imidazole rings is 1. The standard InChI is InChI=1S/C30H26N6O/c1-20(37)35-16-11-22(12-17-35)21-7-9-23(10-8-21)26-18-32-29-33-19-27(36(29)34-26)30(13-14-30)25-6-2-4-24-5-3-15-31-28(24)25/h2-11,15,18-19H,12-14,16-17H2,1H3. The van der Waals surface area contributed by atoms with Crippen LogP contribution in [0.15, 0.2) is 79.3 Å². The molecule has 0 radical (unpaired) electrons. The number of benzene rings is 2. The van der Waals surface area contributed by atoms with Crippen molar-refractivity contribution in [1.82, 2.24) is 29.5 Å². The molecule has 2 aliphatic rings. The Hall–Kier alpha value is -4.39. The highest BCUT2D eigenvalue weighted by molar-refractivity contribution is 5.84. The summed E-state index contributed by atoms with van der Waals surface area (Å²) < 4.78 is 1.91. The van der Waals surface area contributed by atoms with E-state index in [4.69, 9.17) is 10.1 Å². The predicted molar refractivity (Wildman–Crippen MR) is 143 cm³/mol. The number of hydrogen-bond acceptors (Lipinski definition) is 5. The first-order chi connectivity index (χ1) is 18.1. The molecule has 3 aromatic heterocycles. The zero-order valence-corrected chi connectivity index (χ0v) is 20.6. The molecule has 0 saturated heterocycles. The molecule has 1 saturated carbocycles. The third kappa shape index (κ3) is 3.61. The van der Waals surface area contributed by atoms with Gasteiger partial charge in [-0.25, -0.2) is 9.97 Å². The number of fused-ring (bicyclic) bond motifs is 2. The first-order valence-electron chi connectivity index (χ1n) is 12.7. The minimum Gasteiger partial charge on any atom is -0.339 e. The number of carbonyl (C=O) groups is 1. The van der Waals surface area contributed by atoms with Crippen molar-refractivity contribution < 1.29 is 4.79 Å². The van der Waals surface area contributed by atoms with E-state index in [1.54, 1.807) is 13.1 Å². The Labute approximate surface area is 214 Å². The summed E-state index contributed by atoms with van der Waals surface area (Å²) in [6, 6.07) is 19.0. The molecule has 1 amide bonds. The molecule has 7 heteroatoms. The van der Waals surface area contributed by atoms with Crippen LogP contribution in [-0.2, 0) is 10.2 Å². The van der Waals surface area contributed by atoms with Crippen molar-refractivity contribution in [2.24, 2.45) is 0 Å². The largest absolute Gasteiger partial charge is 0.339 e. The molecule has 182 valence electrons. The van der Waals surface area contributed by atoms with Gasteiger partial charge in [-0.1, -0.05) is 54.6 Å². The average molecular weight is 487 g/mol. The molecular weight excluding hydrogens is 460 g/mol. The summed E-state index contributed by atoms with van der Waals surface area (Å²) in [6.45, 7) is 3.07. The SMILES string of the molecule is CC(=O)N1CC=C(c2ccc(-c3cnc4ncc(C5(c6cccc7cccnc67)CC5)n4n3)cc2)CC1. The van der Waals surface area contributed by atoms with Gasteiger partial charge < -0.3 is 4.90 Å². The second-order valence-electron chi connectivity index (χ2n) is 9.98. The lowest BCUT2D eigenvalue weighted by Gasteiger charge is -2.25. The van der Waals surface area contributed by atoms with Gasteiger partial charge in [0.1, 0.15) is 5.69 Å². The molecule has 5 aromatic rings. The molecule has 7 nitrogen and oxygen atoms in total. The summed E-state index contributed by atoms with van der Waals surface area (Å²) in [6.07, 6.45) is 10.7. The van der Waals surface area contributed by atoms with Crippen LogP contribution in [0.1, 0.15) is 43.0 Å². The lowest BCUT2D eigenvalue weighted by molar-refractivity contribution is -0.128. The maximum absolute atomic E-state index is 11.6. The fraction of sp³-hybridized carbons (Fsp3) is 0.233. The van der Waals surface area contributed by atoms with Gasteiger partial charge in [-0.2, -0.15) is 9.61 Å². The fourth-order valence-electron chi connectivity index (χ4n) is 5.58. The van der Waals surface area contributed by atoms with E-state index >= 15 is 0 Å². The van der Waals surface area contributed by atoms with Crippen LogP contribution < -0.4 is 0 Å². The van der Waals surface area contributed by atoms with Crippen LogP contribution >= 0.6 is 0 Å². The molecule has 1 aliphatic heterocycles. The molecule has 0 unspecified atom stereocenters. The first-order valence-corrected chi connectivity index (χ1v) is 12.7. The molecular formula is C30H26N6O. The highest BCUT2D eigenvalue weighted by Crippen LogP contribution is 2.54. The van der Waals surface area contributed by atoms with Crippen molar-refractivity contribution in [3.05, 3.63) is 96.1 Å². The third-order valence-electron chi connectivity index (χ3n) is 7.82. The molecule has 4 heterocycles. The topological polar surface area (TPSA) is 76.3 Å². The summed E-state index contributed by atoms with van der Waals surface area (Å²) in [5, 5.41) is 6.15. The number of pyridine rings is 1. The van der Waals surface area contributed by atoms with E-state index < -0.39 is 0 Å². The van der Waals surface area contributed by atoms with Crippen LogP contribution in [0.4, 0.5) is 0 Å². The van der Waals surface area contributed by atoms with Crippen molar-refractivity contribution >= 4 is 28.2 Å². The van der Waals surface area contributed by atoms with E-state index in [0.29, 0.717) is 12.3 Å². The molecule has 1 fully saturated rings. The lowest BCUT2D eigenvalue weighted by atomic mass is 9.90. The van der Waals surface area contributed by atoms with E-state index in [1.165, 1.54) is 16.7 Å². The van der Waals surface area contributed by atoms with Crippen LogP contribution in [-0.4, -0.2) is 48.5 Å². The van der Waals surface area contributed by atoms with Crippen molar-refractivity contribution in [3.8, 4) is 11.3 Å². The molecule has 0 atom stereocenters. The fourth-order valence-corrected chi connectivity index (χ4v) is 5.58. The minimum atomic E-state index is -0.147. The van der Waals surface area contributed by atoms with Gasteiger partial charge in [0.05, 0.1) is 23.6 Å². The highest BCUT2D eigenvalue weighted by atomic mass is 16.2. The Kier molecular flexibility index (Phi) is 4.92. The van der Waals surface area contributed by atoms with E-state index in [2.05, 4.69) is 64.6 Å². The summed E-state index contributed by atoms with van der Waals surface area (Å²) in [5.74, 6) is 0.736. The van der Waals surface area contributed by atoms with Crippen LogP contribution in [0.3, 0.4) is 0 Å². The normalized spacial score (nSPS) is 16.7. The van der Waals surface area contributed by atoms with Gasteiger partial charge in [0, 0.05) is 42.6 Å². The number of amides is 1. The number of nitrogens with zero attached hydrogens (tertiary/aromatic N) is 6. The van der Waals surface area contributed by atoms with Gasteiger partial charge in [0.25, 0.3) is 5.78 Å². The van der Waals surface area contributed by atoms with Gasteiger partial charge in [-0.3, -0.25) is 9.78 Å². The highest BCUT2D eigenvalue weighted by Gasteiger charge is 2.49. The predicted octanol–water partition coefficient (Wildman–Crippen LogP) is 5.06. The van der Waals surface area contributed by atoms with Gasteiger partial charge >= 0.3 is 0 Å². The zero-order chi connectivity index (χ0) is 25.0. The second kappa shape index (κ2) is 8.34. The number of carbonyl (C=O) groups excluding carboxylic acids is 1. The van der Waals surface area contributed by atoms with Crippen molar-refractivity contribution in [3.63, 3.8) is 0 Å². The summed E-state index contributed by atoms with van der Waals surface area (Å²) in [7, 11) is 0. The molecule has 0 N–H and O–H groups in total. The monoisotopic (exact) mass is 486 g/mol. The molecule has 0 spiro atoms. The maximum atomic E-state index is 11.6. The molecule has 2 aromatic carbocycles. The second-order valence-corrected chi connectivity index (χ2v) is 9.98. The summed E-state index contributed by atoms with van der Waals surface area (Å²) in [4.78, 5) is 27.4. The molecule has 7 rings (SSSR count). The van der Waals surface area contributed by atoms with Crippen molar-refractivity contribution in [2.45, 2.75) is 31.6 Å². The Morgan fingerprint density at radius 1 is 0.919 bits per heavy atom. The van der Waals surface area contributed by atoms with E-state index in [1.807, 2.05) is 27.9 Å². The Morgan fingerprint density at radius 3 is 2.46 bits per heavy atom. The molecule has 37 heavy (non-hydrogen) atoms. The number of para-hydroxylation sites is 1. The number of rotatable bonds is 4. The average Bonchev–Trinajstić information content (AvgIpc) is 3.64. The van der Waals surface area contributed by atoms with Crippen molar-refractivity contribution in [2.75, 3.05) is 13.1 Å². The summed E-state index contributed by atoms with van der Waals surface area (Å²) >= 11 is 0. The first kappa shape index (κ1) is 21.9. The Balaban J connectivity index is 1.23. The van der Waals surface area contributed by atoms with E-state index in [-0.39, 0.29) is 11.3 Å². The van der Waals surface area contributed by atoms with Gasteiger partial charge in [-0.05, 0) is 42.0 Å². The van der Waals surface area contributed by atoms with E-state index in [0.717, 1.165) is 53.7 Å². The van der Waals surface area contributed by atoms with Gasteiger partial charge in [0.15, 0.2) is 0 Å². The minimum absolute atomic E-state index is 0.128. The van der Waals surface area contributed by atoms with Crippen molar-refractivity contribution in [1.29, 1.82) is 0 Å². The quantitative estimate of drug-likeness (QED) is 0.355. The zero-order valence-electron chi connectivity index (χ0n) is 20.6. The van der Waals surface area contributed by atoms with Crippen LogP contribution in [0.25, 0.3) is 33.5 Å². The van der Waals surface area contributed by atoms with E-state index in [9.17, 15) is 4.79 Å². The third-order valence-corrected chi connectivity index (χ3v) is 7.82.